The van der Waals surface area contributed by atoms with E-state index in [-0.39, 0.29) is 23.7 Å². The molecule has 1 N–H and O–H groups in total. The molecule has 4 aliphatic rings. The van der Waals surface area contributed by atoms with Crippen molar-refractivity contribution < 1.29 is 19.4 Å². The maximum atomic E-state index is 13.2. The standard InChI is InChI=1S/C46H51N3O4/c1-32-10-21-43(44(51)28-32)49-31-36-29-37(14-19-42(36)46(49)52)48-24-7-23-47(25-26-48)22-5-6-27-53-39-16-11-34(12-17-39)45-40(33-8-3-2-4-9-33)18-13-35-30-38(50)15-20-41(35)45/h2-4,8-9,11-12,14-17,19-20,29-30,40,43,45,50H,1,5-7,10,13,18,21-28,31H2/t40-,43?,45+/m1/s1. The molecule has 1 saturated heterocycles. The van der Waals surface area contributed by atoms with E-state index < -0.39 is 0 Å². The Bertz CT molecular complexity index is 1960. The molecule has 4 aromatic carbocycles. The van der Waals surface area contributed by atoms with Gasteiger partial charge in [-0.05, 0) is 134 Å². The number of hydrogen-bond donors (Lipinski definition) is 1. The summed E-state index contributed by atoms with van der Waals surface area (Å²) >= 11 is 0. The van der Waals surface area contributed by atoms with Crippen molar-refractivity contribution in [1.82, 2.24) is 9.80 Å². The van der Waals surface area contributed by atoms with Crippen molar-refractivity contribution in [3.05, 3.63) is 137 Å². The van der Waals surface area contributed by atoms with Crippen LogP contribution >= 0.6 is 0 Å². The highest BCUT2D eigenvalue weighted by molar-refractivity contribution is 6.02. The minimum absolute atomic E-state index is 0.00872. The Morgan fingerprint density at radius 2 is 1.64 bits per heavy atom. The highest BCUT2D eigenvalue weighted by Crippen LogP contribution is 2.47. The molecule has 2 fully saturated rings. The van der Waals surface area contributed by atoms with E-state index in [4.69, 9.17) is 4.74 Å². The summed E-state index contributed by atoms with van der Waals surface area (Å²) in [5.41, 5.74) is 9.13. The number of carbonyl (C=O) groups excluding carboxylic acids is 2. The van der Waals surface area contributed by atoms with E-state index in [1.807, 2.05) is 18.2 Å². The molecule has 0 bridgehead atoms. The Morgan fingerprint density at radius 3 is 2.47 bits per heavy atom. The monoisotopic (exact) mass is 709 g/mol. The maximum Gasteiger partial charge on any atom is 0.255 e. The molecule has 0 aromatic heterocycles. The van der Waals surface area contributed by atoms with Gasteiger partial charge in [0.25, 0.3) is 5.91 Å². The number of rotatable bonds is 10. The van der Waals surface area contributed by atoms with Gasteiger partial charge in [0.1, 0.15) is 11.5 Å². The summed E-state index contributed by atoms with van der Waals surface area (Å²) in [6.45, 7) is 10.3. The fourth-order valence-corrected chi connectivity index (χ4v) is 9.19. The lowest BCUT2D eigenvalue weighted by molar-refractivity contribution is -0.124. The Morgan fingerprint density at radius 1 is 0.792 bits per heavy atom. The first-order valence-electron chi connectivity index (χ1n) is 19.6. The van der Waals surface area contributed by atoms with Gasteiger partial charge in [-0.25, -0.2) is 0 Å². The van der Waals surface area contributed by atoms with Crippen LogP contribution in [0, 0.1) is 0 Å². The first-order chi connectivity index (χ1) is 25.9. The van der Waals surface area contributed by atoms with Gasteiger partial charge in [-0.2, -0.15) is 0 Å². The number of ketones is 1. The van der Waals surface area contributed by atoms with Crippen LogP contribution in [0.25, 0.3) is 0 Å². The van der Waals surface area contributed by atoms with Crippen LogP contribution < -0.4 is 9.64 Å². The van der Waals surface area contributed by atoms with Crippen LogP contribution in [-0.2, 0) is 17.8 Å². The van der Waals surface area contributed by atoms with Gasteiger partial charge in [-0.3, -0.25) is 9.59 Å². The fraction of sp³-hybridized carbons (Fsp3) is 0.391. The molecule has 7 heteroatoms. The summed E-state index contributed by atoms with van der Waals surface area (Å²) in [4.78, 5) is 32.8. The molecule has 53 heavy (non-hydrogen) atoms. The smallest absolute Gasteiger partial charge is 0.255 e. The number of nitrogens with zero attached hydrogens (tertiary/aromatic N) is 3. The molecule has 2 aliphatic heterocycles. The summed E-state index contributed by atoms with van der Waals surface area (Å²) in [5, 5.41) is 10.2. The van der Waals surface area contributed by atoms with Gasteiger partial charge in [0.2, 0.25) is 0 Å². The largest absolute Gasteiger partial charge is 0.508 e. The van der Waals surface area contributed by atoms with Crippen molar-refractivity contribution in [2.24, 2.45) is 0 Å². The highest BCUT2D eigenvalue weighted by Gasteiger charge is 2.38. The third-order valence-corrected chi connectivity index (χ3v) is 12.0. The normalized spacial score (nSPS) is 22.0. The second-order valence-electron chi connectivity index (χ2n) is 15.4. The van der Waals surface area contributed by atoms with Gasteiger partial charge >= 0.3 is 0 Å². The van der Waals surface area contributed by atoms with Crippen LogP contribution in [0.15, 0.2) is 103 Å². The minimum Gasteiger partial charge on any atom is -0.508 e. The number of carbonyl (C=O) groups is 2. The van der Waals surface area contributed by atoms with E-state index in [0.29, 0.717) is 37.7 Å². The quantitative estimate of drug-likeness (QED) is 0.132. The van der Waals surface area contributed by atoms with E-state index in [9.17, 15) is 14.7 Å². The minimum atomic E-state index is -0.322. The topological polar surface area (TPSA) is 73.3 Å². The molecular weight excluding hydrogens is 659 g/mol. The van der Waals surface area contributed by atoms with Crippen molar-refractivity contribution in [1.29, 1.82) is 0 Å². The number of aromatic hydroxyl groups is 1. The number of phenols is 1. The van der Waals surface area contributed by atoms with Gasteiger partial charge in [-0.15, -0.1) is 0 Å². The van der Waals surface area contributed by atoms with Crippen LogP contribution in [0.2, 0.25) is 0 Å². The number of benzene rings is 4. The molecule has 0 radical (unpaired) electrons. The summed E-state index contributed by atoms with van der Waals surface area (Å²) in [7, 11) is 0. The number of Topliss-reactive ketones (excluding diaryl/α,β-unsaturated/α-hetero) is 1. The van der Waals surface area contributed by atoms with E-state index in [1.165, 1.54) is 27.9 Å². The number of fused-ring (bicyclic) bond motifs is 2. The summed E-state index contributed by atoms with van der Waals surface area (Å²) in [5.74, 6) is 1.98. The van der Waals surface area contributed by atoms with E-state index in [2.05, 4.69) is 89.2 Å². The Labute approximate surface area is 313 Å². The molecule has 7 nitrogen and oxygen atoms in total. The molecule has 2 aliphatic carbocycles. The van der Waals surface area contributed by atoms with Gasteiger partial charge in [0.15, 0.2) is 5.78 Å². The zero-order chi connectivity index (χ0) is 36.3. The number of unbranched alkanes of at least 4 members (excludes halogenated alkanes) is 1. The lowest BCUT2D eigenvalue weighted by Gasteiger charge is -2.34. The van der Waals surface area contributed by atoms with E-state index in [0.717, 1.165) is 93.7 Å². The average Bonchev–Trinajstić information content (AvgIpc) is 3.32. The van der Waals surface area contributed by atoms with Gasteiger partial charge in [0.05, 0.1) is 12.6 Å². The second kappa shape index (κ2) is 15.6. The number of allylic oxidation sites excluding steroid dienone is 1. The average molecular weight is 710 g/mol. The molecule has 2 heterocycles. The molecule has 274 valence electrons. The molecule has 4 aromatic rings. The van der Waals surface area contributed by atoms with Crippen molar-refractivity contribution in [2.75, 3.05) is 44.2 Å². The van der Waals surface area contributed by atoms with Crippen molar-refractivity contribution in [3.8, 4) is 11.5 Å². The van der Waals surface area contributed by atoms with Crippen molar-refractivity contribution >= 4 is 17.4 Å². The third-order valence-electron chi connectivity index (χ3n) is 12.0. The number of hydrogen-bond acceptors (Lipinski definition) is 6. The Kier molecular flexibility index (Phi) is 10.4. The van der Waals surface area contributed by atoms with Gasteiger partial charge in [0, 0.05) is 49.8 Å². The first kappa shape index (κ1) is 35.2. The molecule has 3 atom stereocenters. The number of anilines is 1. The van der Waals surface area contributed by atoms with Crippen LogP contribution in [0.4, 0.5) is 5.69 Å². The second-order valence-corrected chi connectivity index (χ2v) is 15.4. The molecule has 1 saturated carbocycles. The lowest BCUT2D eigenvalue weighted by Crippen LogP contribution is -2.43. The van der Waals surface area contributed by atoms with Crippen molar-refractivity contribution in [3.63, 3.8) is 0 Å². The third kappa shape index (κ3) is 7.63. The summed E-state index contributed by atoms with van der Waals surface area (Å²) in [6, 6.07) is 31.3. The Hall–Kier alpha value is -4.88. The van der Waals surface area contributed by atoms with Crippen LogP contribution in [0.5, 0.6) is 11.5 Å². The van der Waals surface area contributed by atoms with Crippen LogP contribution in [-0.4, -0.2) is 72.0 Å². The number of phenolic OH excluding ortho intramolecular Hbond substituents is 1. The summed E-state index contributed by atoms with van der Waals surface area (Å²) in [6.07, 6.45) is 7.10. The van der Waals surface area contributed by atoms with Crippen molar-refractivity contribution in [2.45, 2.75) is 75.8 Å². The fourth-order valence-electron chi connectivity index (χ4n) is 9.19. The molecular formula is C46H51N3O4. The SMILES string of the molecule is C=C1CCC(N2Cc3cc(N4CCCN(CCCCOc5ccc([C@@H]6c7ccc(O)cc7CC[C@@H]6c6ccccc6)cc5)CC4)ccc3C2=O)C(=O)C1. The zero-order valence-corrected chi connectivity index (χ0v) is 30.7. The summed E-state index contributed by atoms with van der Waals surface area (Å²) < 4.78 is 6.23. The molecule has 0 spiro atoms. The number of amides is 1. The van der Waals surface area contributed by atoms with E-state index >= 15 is 0 Å². The zero-order valence-electron chi connectivity index (χ0n) is 30.7. The number of ether oxygens (including phenoxy) is 1. The molecule has 8 rings (SSSR count). The predicted molar refractivity (Wildman–Crippen MR) is 210 cm³/mol. The van der Waals surface area contributed by atoms with Gasteiger partial charge in [-0.1, -0.05) is 60.7 Å². The van der Waals surface area contributed by atoms with Crippen LogP contribution in [0.1, 0.15) is 95.0 Å². The van der Waals surface area contributed by atoms with E-state index in [1.54, 1.807) is 4.90 Å². The maximum absolute atomic E-state index is 13.2. The highest BCUT2D eigenvalue weighted by atomic mass is 16.5. The molecule has 1 unspecified atom stereocenters. The Balaban J connectivity index is 0.810. The predicted octanol–water partition coefficient (Wildman–Crippen LogP) is 8.26. The lowest BCUT2D eigenvalue weighted by atomic mass is 9.69. The van der Waals surface area contributed by atoms with Gasteiger partial charge < -0.3 is 24.5 Å². The van der Waals surface area contributed by atoms with Crippen LogP contribution in [0.3, 0.4) is 0 Å². The first-order valence-corrected chi connectivity index (χ1v) is 19.6. The number of aryl methyl sites for hydroxylation is 1. The molecule has 1 amide bonds.